The maximum atomic E-state index is 13.2. The van der Waals surface area contributed by atoms with Gasteiger partial charge in [-0.2, -0.15) is 0 Å². The summed E-state index contributed by atoms with van der Waals surface area (Å²) in [6, 6.07) is 7.88. The Morgan fingerprint density at radius 3 is 2.63 bits per heavy atom. The van der Waals surface area contributed by atoms with Crippen LogP contribution in [0.4, 0.5) is 15.9 Å². The molecule has 3 rings (SSSR count). The molecular formula is C19H17ClFN5O. The fourth-order valence-electron chi connectivity index (χ4n) is 2.37. The molecule has 0 aliphatic rings. The minimum absolute atomic E-state index is 0.0648. The van der Waals surface area contributed by atoms with Crippen LogP contribution in [-0.2, 0) is 6.42 Å². The third kappa shape index (κ3) is 4.98. The van der Waals surface area contributed by atoms with Crippen molar-refractivity contribution < 1.29 is 9.18 Å². The largest absolute Gasteiger partial charge is 0.358 e. The Labute approximate surface area is 161 Å². The van der Waals surface area contributed by atoms with Crippen LogP contribution in [0.5, 0.6) is 0 Å². The number of rotatable bonds is 6. The Kier molecular flexibility index (Phi) is 5.93. The average molecular weight is 386 g/mol. The zero-order valence-corrected chi connectivity index (χ0v) is 15.3. The summed E-state index contributed by atoms with van der Waals surface area (Å²) < 4.78 is 13.2. The fourth-order valence-corrected chi connectivity index (χ4v) is 2.55. The molecule has 27 heavy (non-hydrogen) atoms. The Morgan fingerprint density at radius 2 is 1.96 bits per heavy atom. The van der Waals surface area contributed by atoms with Crippen molar-refractivity contribution in [1.29, 1.82) is 0 Å². The highest BCUT2D eigenvalue weighted by Gasteiger charge is 2.11. The van der Waals surface area contributed by atoms with E-state index in [1.54, 1.807) is 18.6 Å². The number of halogens is 2. The second-order valence-corrected chi connectivity index (χ2v) is 6.28. The third-order valence-electron chi connectivity index (χ3n) is 3.92. The SMILES string of the molecule is CN(CCc1ccncc1)c1cnc(C(=O)Nc2ccc(F)c(Cl)c2)cn1. The van der Waals surface area contributed by atoms with E-state index in [1.807, 2.05) is 24.1 Å². The summed E-state index contributed by atoms with van der Waals surface area (Å²) in [6.07, 6.45) is 7.31. The van der Waals surface area contributed by atoms with Gasteiger partial charge in [0, 0.05) is 31.7 Å². The van der Waals surface area contributed by atoms with Crippen LogP contribution in [0.1, 0.15) is 16.1 Å². The normalized spacial score (nSPS) is 10.5. The van der Waals surface area contributed by atoms with Gasteiger partial charge < -0.3 is 10.2 Å². The van der Waals surface area contributed by atoms with Gasteiger partial charge in [-0.15, -0.1) is 0 Å². The molecule has 8 heteroatoms. The van der Waals surface area contributed by atoms with Crippen LogP contribution in [0.15, 0.2) is 55.1 Å². The Morgan fingerprint density at radius 1 is 1.19 bits per heavy atom. The molecule has 0 spiro atoms. The van der Waals surface area contributed by atoms with Gasteiger partial charge in [-0.3, -0.25) is 9.78 Å². The van der Waals surface area contributed by atoms with Gasteiger partial charge in [-0.05, 0) is 42.3 Å². The number of nitrogens with zero attached hydrogens (tertiary/aromatic N) is 4. The first-order valence-electron chi connectivity index (χ1n) is 8.21. The predicted molar refractivity (Wildman–Crippen MR) is 103 cm³/mol. The van der Waals surface area contributed by atoms with Crippen molar-refractivity contribution in [1.82, 2.24) is 15.0 Å². The third-order valence-corrected chi connectivity index (χ3v) is 4.21. The van der Waals surface area contributed by atoms with Crippen molar-refractivity contribution >= 4 is 29.0 Å². The van der Waals surface area contributed by atoms with Crippen molar-refractivity contribution in [2.45, 2.75) is 6.42 Å². The molecule has 0 aliphatic heterocycles. The number of anilines is 2. The Bertz CT molecular complexity index is 921. The number of nitrogens with one attached hydrogen (secondary N) is 1. The lowest BCUT2D eigenvalue weighted by molar-refractivity contribution is 0.102. The minimum atomic E-state index is -0.548. The fraction of sp³-hybridized carbons (Fsp3) is 0.158. The van der Waals surface area contributed by atoms with Crippen LogP contribution in [0.25, 0.3) is 0 Å². The summed E-state index contributed by atoms with van der Waals surface area (Å²) in [7, 11) is 1.91. The maximum absolute atomic E-state index is 13.2. The summed E-state index contributed by atoms with van der Waals surface area (Å²) in [5.74, 6) is -0.338. The van der Waals surface area contributed by atoms with Crippen LogP contribution < -0.4 is 10.2 Å². The summed E-state index contributed by atoms with van der Waals surface area (Å²) in [5.41, 5.74) is 1.72. The highest BCUT2D eigenvalue weighted by atomic mass is 35.5. The van der Waals surface area contributed by atoms with E-state index in [4.69, 9.17) is 11.6 Å². The second-order valence-electron chi connectivity index (χ2n) is 5.87. The highest BCUT2D eigenvalue weighted by molar-refractivity contribution is 6.31. The maximum Gasteiger partial charge on any atom is 0.275 e. The van der Waals surface area contributed by atoms with Gasteiger partial charge in [0.15, 0.2) is 0 Å². The molecular weight excluding hydrogens is 369 g/mol. The van der Waals surface area contributed by atoms with Crippen molar-refractivity contribution in [2.24, 2.45) is 0 Å². The molecule has 0 saturated heterocycles. The molecule has 1 amide bonds. The first-order chi connectivity index (χ1) is 13.0. The molecule has 0 saturated carbocycles. The first kappa shape index (κ1) is 18.7. The van der Waals surface area contributed by atoms with Gasteiger partial charge in [0.2, 0.25) is 0 Å². The Balaban J connectivity index is 1.60. The van der Waals surface area contributed by atoms with Gasteiger partial charge in [0.1, 0.15) is 17.3 Å². The smallest absolute Gasteiger partial charge is 0.275 e. The van der Waals surface area contributed by atoms with Crippen molar-refractivity contribution in [2.75, 3.05) is 23.8 Å². The molecule has 0 aliphatic carbocycles. The predicted octanol–water partition coefficient (Wildman–Crippen LogP) is 3.60. The standard InChI is InChI=1S/C19H17ClFN5O/c1-26(9-6-13-4-7-22-8-5-13)18-12-23-17(11-24-18)19(27)25-14-2-3-16(21)15(20)10-14/h2-5,7-8,10-12H,6,9H2,1H3,(H,25,27). The van der Waals surface area contributed by atoms with E-state index in [-0.39, 0.29) is 10.7 Å². The zero-order valence-electron chi connectivity index (χ0n) is 14.6. The summed E-state index contributed by atoms with van der Waals surface area (Å²) in [4.78, 5) is 26.6. The number of likely N-dealkylation sites (N-methyl/N-ethyl adjacent to an activating group) is 1. The summed E-state index contributed by atoms with van der Waals surface area (Å²) >= 11 is 5.71. The van der Waals surface area contributed by atoms with Crippen LogP contribution in [-0.4, -0.2) is 34.5 Å². The summed E-state index contributed by atoms with van der Waals surface area (Å²) in [6.45, 7) is 0.748. The van der Waals surface area contributed by atoms with Crippen molar-refractivity contribution in [3.05, 3.63) is 77.2 Å². The molecule has 138 valence electrons. The number of amides is 1. The zero-order chi connectivity index (χ0) is 19.2. The van der Waals surface area contributed by atoms with Crippen molar-refractivity contribution in [3.8, 4) is 0 Å². The van der Waals surface area contributed by atoms with E-state index in [0.29, 0.717) is 11.5 Å². The number of hydrogen-bond donors (Lipinski definition) is 1. The monoisotopic (exact) mass is 385 g/mol. The lowest BCUT2D eigenvalue weighted by atomic mass is 10.2. The van der Waals surface area contributed by atoms with Gasteiger partial charge in [-0.1, -0.05) is 11.6 Å². The van der Waals surface area contributed by atoms with E-state index in [1.165, 1.54) is 30.0 Å². The van der Waals surface area contributed by atoms with Gasteiger partial charge >= 0.3 is 0 Å². The molecule has 0 radical (unpaired) electrons. The molecule has 2 heterocycles. The highest BCUT2D eigenvalue weighted by Crippen LogP contribution is 2.19. The van der Waals surface area contributed by atoms with Crippen LogP contribution in [0.2, 0.25) is 5.02 Å². The molecule has 0 atom stereocenters. The van der Waals surface area contributed by atoms with Gasteiger partial charge in [0.25, 0.3) is 5.91 Å². The molecule has 0 unspecified atom stereocenters. The first-order valence-corrected chi connectivity index (χ1v) is 8.59. The quantitative estimate of drug-likeness (QED) is 0.702. The summed E-state index contributed by atoms with van der Waals surface area (Å²) in [5, 5.41) is 2.54. The lowest BCUT2D eigenvalue weighted by Crippen LogP contribution is -2.22. The van der Waals surface area contributed by atoms with Gasteiger partial charge in [-0.25, -0.2) is 14.4 Å². The minimum Gasteiger partial charge on any atom is -0.358 e. The molecule has 1 N–H and O–H groups in total. The topological polar surface area (TPSA) is 71.0 Å². The number of pyridine rings is 1. The van der Waals surface area contributed by atoms with E-state index < -0.39 is 11.7 Å². The van der Waals surface area contributed by atoms with Crippen LogP contribution in [0.3, 0.4) is 0 Å². The molecule has 0 bridgehead atoms. The van der Waals surface area contributed by atoms with E-state index in [0.717, 1.165) is 13.0 Å². The van der Waals surface area contributed by atoms with E-state index in [9.17, 15) is 9.18 Å². The molecule has 3 aromatic rings. The van der Waals surface area contributed by atoms with E-state index in [2.05, 4.69) is 20.3 Å². The Hall–Kier alpha value is -3.06. The van der Waals surface area contributed by atoms with Crippen molar-refractivity contribution in [3.63, 3.8) is 0 Å². The molecule has 1 aromatic carbocycles. The molecule has 0 fully saturated rings. The number of carbonyl (C=O) groups excluding carboxylic acids is 1. The molecule has 2 aromatic heterocycles. The second kappa shape index (κ2) is 8.55. The van der Waals surface area contributed by atoms with Gasteiger partial charge in [0.05, 0.1) is 17.4 Å². The lowest BCUT2D eigenvalue weighted by Gasteiger charge is -2.17. The average Bonchev–Trinajstić information content (AvgIpc) is 2.70. The number of carbonyl (C=O) groups is 1. The molecule has 6 nitrogen and oxygen atoms in total. The number of aromatic nitrogens is 3. The van der Waals surface area contributed by atoms with E-state index >= 15 is 0 Å². The number of hydrogen-bond acceptors (Lipinski definition) is 5. The van der Waals surface area contributed by atoms with Crippen LogP contribution in [0, 0.1) is 5.82 Å². The van der Waals surface area contributed by atoms with Crippen LogP contribution >= 0.6 is 11.6 Å². The number of benzene rings is 1.